The summed E-state index contributed by atoms with van der Waals surface area (Å²) in [5.74, 6) is 0.406. The van der Waals surface area contributed by atoms with Gasteiger partial charge in [-0.05, 0) is 45.6 Å². The lowest BCUT2D eigenvalue weighted by Crippen LogP contribution is -2.41. The van der Waals surface area contributed by atoms with Gasteiger partial charge in [-0.3, -0.25) is 4.79 Å². The molecule has 0 saturated carbocycles. The third kappa shape index (κ3) is 2.80. The lowest BCUT2D eigenvalue weighted by Gasteiger charge is -2.28. The monoisotopic (exact) mass is 240 g/mol. The highest BCUT2D eigenvalue weighted by Gasteiger charge is 2.37. The molecule has 3 atom stereocenters. The Morgan fingerprint density at radius 2 is 2.29 bits per heavy atom. The number of likely N-dealkylation sites (tertiary alicyclic amines) is 1. The Labute approximate surface area is 103 Å². The summed E-state index contributed by atoms with van der Waals surface area (Å²) in [5, 5.41) is 0. The largest absolute Gasteiger partial charge is 0.378 e. The zero-order valence-corrected chi connectivity index (χ0v) is 10.7. The van der Waals surface area contributed by atoms with E-state index in [-0.39, 0.29) is 12.0 Å². The van der Waals surface area contributed by atoms with Crippen molar-refractivity contribution in [3.8, 4) is 0 Å². The lowest BCUT2D eigenvalue weighted by atomic mass is 10.00. The van der Waals surface area contributed by atoms with E-state index in [1.807, 2.05) is 6.92 Å². The first kappa shape index (κ1) is 12.8. The number of nitrogens with two attached hydrogens (primary N) is 1. The summed E-state index contributed by atoms with van der Waals surface area (Å²) in [4.78, 5) is 14.5. The summed E-state index contributed by atoms with van der Waals surface area (Å²) in [6.45, 7) is 4.40. The lowest BCUT2D eigenvalue weighted by molar-refractivity contribution is -0.137. The van der Waals surface area contributed by atoms with Crippen molar-refractivity contribution in [1.82, 2.24) is 4.90 Å². The molecule has 0 aromatic carbocycles. The summed E-state index contributed by atoms with van der Waals surface area (Å²) in [6.07, 6.45) is 5.35. The molecule has 2 rings (SSSR count). The van der Waals surface area contributed by atoms with Gasteiger partial charge in [0.1, 0.15) is 0 Å². The summed E-state index contributed by atoms with van der Waals surface area (Å²) in [7, 11) is 0. The summed E-state index contributed by atoms with van der Waals surface area (Å²) in [5.41, 5.74) is 5.55. The van der Waals surface area contributed by atoms with Gasteiger partial charge in [0, 0.05) is 19.2 Å². The minimum absolute atomic E-state index is 0.0912. The predicted octanol–water partition coefficient (Wildman–Crippen LogP) is 1.14. The molecule has 0 bridgehead atoms. The maximum atomic E-state index is 12.4. The molecular formula is C13H24N2O2. The Balaban J connectivity index is 1.93. The van der Waals surface area contributed by atoms with Crippen LogP contribution in [0, 0.1) is 5.92 Å². The van der Waals surface area contributed by atoms with Crippen molar-refractivity contribution in [3.63, 3.8) is 0 Å². The van der Waals surface area contributed by atoms with Crippen LogP contribution in [0.4, 0.5) is 0 Å². The average molecular weight is 240 g/mol. The first-order valence-corrected chi connectivity index (χ1v) is 6.86. The molecule has 2 aliphatic heterocycles. The average Bonchev–Trinajstić information content (AvgIpc) is 2.94. The van der Waals surface area contributed by atoms with Gasteiger partial charge in [0.2, 0.25) is 5.91 Å². The van der Waals surface area contributed by atoms with E-state index in [4.69, 9.17) is 10.5 Å². The van der Waals surface area contributed by atoms with Crippen LogP contribution in [0.15, 0.2) is 0 Å². The Morgan fingerprint density at radius 1 is 1.47 bits per heavy atom. The zero-order valence-electron chi connectivity index (χ0n) is 10.7. The van der Waals surface area contributed by atoms with Crippen LogP contribution in [-0.4, -0.2) is 42.6 Å². The van der Waals surface area contributed by atoms with E-state index in [2.05, 4.69) is 4.90 Å². The van der Waals surface area contributed by atoms with Gasteiger partial charge < -0.3 is 15.4 Å². The van der Waals surface area contributed by atoms with Gasteiger partial charge in [-0.2, -0.15) is 0 Å². The van der Waals surface area contributed by atoms with Crippen LogP contribution in [0.5, 0.6) is 0 Å². The molecule has 3 unspecified atom stereocenters. The maximum Gasteiger partial charge on any atom is 0.228 e. The van der Waals surface area contributed by atoms with Gasteiger partial charge in [0.05, 0.1) is 12.0 Å². The SMILES string of the molecule is CC1OCCC1C(=O)N1CCCC1CCCN. The quantitative estimate of drug-likeness (QED) is 0.801. The third-order valence-electron chi connectivity index (χ3n) is 4.10. The number of carbonyl (C=O) groups is 1. The Kier molecular flexibility index (Phi) is 4.40. The molecule has 2 aliphatic rings. The first-order chi connectivity index (χ1) is 8.24. The van der Waals surface area contributed by atoms with Gasteiger partial charge in [0.15, 0.2) is 0 Å². The van der Waals surface area contributed by atoms with Crippen molar-refractivity contribution >= 4 is 5.91 Å². The highest BCUT2D eigenvalue weighted by molar-refractivity contribution is 5.80. The van der Waals surface area contributed by atoms with E-state index in [1.54, 1.807) is 0 Å². The van der Waals surface area contributed by atoms with Crippen molar-refractivity contribution in [2.45, 2.75) is 51.2 Å². The smallest absolute Gasteiger partial charge is 0.228 e. The number of ether oxygens (including phenoxy) is 1. The van der Waals surface area contributed by atoms with Crippen LogP contribution in [0.1, 0.15) is 39.0 Å². The van der Waals surface area contributed by atoms with Crippen molar-refractivity contribution in [1.29, 1.82) is 0 Å². The van der Waals surface area contributed by atoms with Gasteiger partial charge in [0.25, 0.3) is 0 Å². The van der Waals surface area contributed by atoms with Crippen LogP contribution >= 0.6 is 0 Å². The van der Waals surface area contributed by atoms with Crippen LogP contribution < -0.4 is 5.73 Å². The van der Waals surface area contributed by atoms with Crippen molar-refractivity contribution in [2.75, 3.05) is 19.7 Å². The van der Waals surface area contributed by atoms with Gasteiger partial charge in [-0.15, -0.1) is 0 Å². The minimum atomic E-state index is 0.0912. The van der Waals surface area contributed by atoms with Crippen molar-refractivity contribution in [2.24, 2.45) is 11.7 Å². The highest BCUT2D eigenvalue weighted by Crippen LogP contribution is 2.28. The number of nitrogens with zero attached hydrogens (tertiary/aromatic N) is 1. The van der Waals surface area contributed by atoms with Gasteiger partial charge in [-0.1, -0.05) is 0 Å². The van der Waals surface area contributed by atoms with Crippen molar-refractivity contribution < 1.29 is 9.53 Å². The number of hydrogen-bond donors (Lipinski definition) is 1. The number of amides is 1. The highest BCUT2D eigenvalue weighted by atomic mass is 16.5. The molecule has 17 heavy (non-hydrogen) atoms. The van der Waals surface area contributed by atoms with E-state index < -0.39 is 0 Å². The van der Waals surface area contributed by atoms with E-state index in [1.165, 1.54) is 0 Å². The minimum Gasteiger partial charge on any atom is -0.378 e. The maximum absolute atomic E-state index is 12.4. The summed E-state index contributed by atoms with van der Waals surface area (Å²) < 4.78 is 5.50. The topological polar surface area (TPSA) is 55.6 Å². The molecule has 2 heterocycles. The number of rotatable bonds is 4. The molecule has 2 N–H and O–H groups in total. The van der Waals surface area contributed by atoms with E-state index in [0.29, 0.717) is 11.9 Å². The van der Waals surface area contributed by atoms with Gasteiger partial charge >= 0.3 is 0 Å². The number of hydrogen-bond acceptors (Lipinski definition) is 3. The summed E-state index contributed by atoms with van der Waals surface area (Å²) >= 11 is 0. The number of carbonyl (C=O) groups excluding carboxylic acids is 1. The summed E-state index contributed by atoms with van der Waals surface area (Å²) in [6, 6.07) is 0.429. The van der Waals surface area contributed by atoms with Crippen LogP contribution in [0.25, 0.3) is 0 Å². The van der Waals surface area contributed by atoms with E-state index >= 15 is 0 Å². The molecule has 0 aromatic rings. The standard InChI is InChI=1S/C13H24N2O2/c1-10-12(6-9-17-10)13(16)15-8-3-5-11(15)4-2-7-14/h10-12H,2-9,14H2,1H3. The second-order valence-electron chi connectivity index (χ2n) is 5.23. The fourth-order valence-corrected chi connectivity index (χ4v) is 3.05. The van der Waals surface area contributed by atoms with Crippen LogP contribution in [-0.2, 0) is 9.53 Å². The Bertz CT molecular complexity index is 270. The molecule has 1 amide bonds. The molecule has 98 valence electrons. The first-order valence-electron chi connectivity index (χ1n) is 6.86. The van der Waals surface area contributed by atoms with Crippen LogP contribution in [0.3, 0.4) is 0 Å². The second kappa shape index (κ2) is 5.83. The second-order valence-corrected chi connectivity index (χ2v) is 5.23. The van der Waals surface area contributed by atoms with Crippen LogP contribution in [0.2, 0.25) is 0 Å². The molecule has 0 aliphatic carbocycles. The molecule has 0 spiro atoms. The molecule has 2 saturated heterocycles. The van der Waals surface area contributed by atoms with E-state index in [0.717, 1.165) is 51.8 Å². The third-order valence-corrected chi connectivity index (χ3v) is 4.10. The molecule has 0 radical (unpaired) electrons. The normalized spacial score (nSPS) is 33.3. The fourth-order valence-electron chi connectivity index (χ4n) is 3.05. The van der Waals surface area contributed by atoms with E-state index in [9.17, 15) is 4.79 Å². The fraction of sp³-hybridized carbons (Fsp3) is 0.923. The molecule has 4 nitrogen and oxygen atoms in total. The Hall–Kier alpha value is -0.610. The molecule has 2 fully saturated rings. The van der Waals surface area contributed by atoms with Crippen molar-refractivity contribution in [3.05, 3.63) is 0 Å². The van der Waals surface area contributed by atoms with Gasteiger partial charge in [-0.25, -0.2) is 0 Å². The molecule has 0 aromatic heterocycles. The Morgan fingerprint density at radius 3 is 2.94 bits per heavy atom. The molecule has 4 heteroatoms. The molecular weight excluding hydrogens is 216 g/mol. The zero-order chi connectivity index (χ0) is 12.3. The predicted molar refractivity (Wildman–Crippen MR) is 66.5 cm³/mol.